The molecule has 1 aromatic rings. The van der Waals surface area contributed by atoms with Gasteiger partial charge in [-0.25, -0.2) is 4.79 Å². The molecule has 0 saturated carbocycles. The van der Waals surface area contributed by atoms with E-state index >= 15 is 0 Å². The number of benzene rings is 1. The number of carboxylic acids is 1. The number of rotatable bonds is 6. The Labute approximate surface area is 120 Å². The molecule has 4 heteroatoms. The Kier molecular flexibility index (Phi) is 5.74. The van der Waals surface area contributed by atoms with E-state index in [0.717, 1.165) is 11.1 Å². The van der Waals surface area contributed by atoms with E-state index in [0.29, 0.717) is 6.42 Å². The molecule has 1 aromatic carbocycles. The fourth-order valence-electron chi connectivity index (χ4n) is 2.01. The lowest BCUT2D eigenvalue weighted by Crippen LogP contribution is -2.45. The minimum atomic E-state index is -0.979. The Hall–Kier alpha value is -1.84. The lowest BCUT2D eigenvalue weighted by atomic mass is 9.98. The first-order chi connectivity index (χ1) is 9.35. The molecule has 0 fully saturated rings. The Morgan fingerprint density at radius 3 is 2.40 bits per heavy atom. The molecule has 4 nitrogen and oxygen atoms in total. The van der Waals surface area contributed by atoms with Crippen molar-refractivity contribution in [3.8, 4) is 0 Å². The second-order valence-electron chi connectivity index (χ2n) is 5.36. The standard InChI is InChI=1S/C16H23NO3/c1-5-10(2)15(16(19)20)17-14(18)9-13-7-6-11(3)12(4)8-13/h6-8,10,15H,5,9H2,1-4H3,(H,17,18)(H,19,20). The third-order valence-corrected chi connectivity index (χ3v) is 3.73. The van der Waals surface area contributed by atoms with E-state index in [4.69, 9.17) is 5.11 Å². The summed E-state index contributed by atoms with van der Waals surface area (Å²) in [6.07, 6.45) is 0.919. The summed E-state index contributed by atoms with van der Waals surface area (Å²) in [6.45, 7) is 7.75. The van der Waals surface area contributed by atoms with Gasteiger partial charge in [0.2, 0.25) is 5.91 Å². The van der Waals surface area contributed by atoms with Crippen LogP contribution < -0.4 is 5.32 Å². The molecule has 0 aliphatic rings. The molecule has 110 valence electrons. The maximum absolute atomic E-state index is 12.0. The average Bonchev–Trinajstić information content (AvgIpc) is 2.39. The molecule has 0 bridgehead atoms. The number of carboxylic acid groups (broad SMARTS) is 1. The highest BCUT2D eigenvalue weighted by Gasteiger charge is 2.25. The van der Waals surface area contributed by atoms with Gasteiger partial charge >= 0.3 is 5.97 Å². The molecule has 0 aromatic heterocycles. The summed E-state index contributed by atoms with van der Waals surface area (Å²) in [5.41, 5.74) is 3.21. The first kappa shape index (κ1) is 16.2. The first-order valence-electron chi connectivity index (χ1n) is 6.93. The number of nitrogens with one attached hydrogen (secondary N) is 1. The van der Waals surface area contributed by atoms with Crippen LogP contribution in [0.25, 0.3) is 0 Å². The molecule has 2 N–H and O–H groups in total. The highest BCUT2D eigenvalue weighted by Crippen LogP contribution is 2.12. The lowest BCUT2D eigenvalue weighted by molar-refractivity contribution is -0.143. The molecule has 1 amide bonds. The van der Waals surface area contributed by atoms with Crippen LogP contribution in [0.5, 0.6) is 0 Å². The molecule has 0 aliphatic carbocycles. The normalized spacial score (nSPS) is 13.6. The summed E-state index contributed by atoms with van der Waals surface area (Å²) < 4.78 is 0. The SMILES string of the molecule is CCC(C)C(NC(=O)Cc1ccc(C)c(C)c1)C(=O)O. The van der Waals surface area contributed by atoms with Gasteiger partial charge in [-0.15, -0.1) is 0 Å². The van der Waals surface area contributed by atoms with E-state index in [1.807, 2.05) is 45.9 Å². The van der Waals surface area contributed by atoms with Crippen molar-refractivity contribution in [3.63, 3.8) is 0 Å². The average molecular weight is 277 g/mol. The zero-order chi connectivity index (χ0) is 15.3. The maximum atomic E-state index is 12.0. The van der Waals surface area contributed by atoms with E-state index in [1.54, 1.807) is 0 Å². The molecule has 2 unspecified atom stereocenters. The summed E-state index contributed by atoms with van der Waals surface area (Å²) in [5.74, 6) is -1.31. The van der Waals surface area contributed by atoms with Gasteiger partial charge in [-0.3, -0.25) is 4.79 Å². The third-order valence-electron chi connectivity index (χ3n) is 3.73. The highest BCUT2D eigenvalue weighted by atomic mass is 16.4. The van der Waals surface area contributed by atoms with Gasteiger partial charge in [0.05, 0.1) is 6.42 Å². The van der Waals surface area contributed by atoms with Crippen molar-refractivity contribution in [3.05, 3.63) is 34.9 Å². The fourth-order valence-corrected chi connectivity index (χ4v) is 2.01. The number of carbonyl (C=O) groups is 2. The lowest BCUT2D eigenvalue weighted by Gasteiger charge is -2.20. The minimum Gasteiger partial charge on any atom is -0.480 e. The quantitative estimate of drug-likeness (QED) is 0.839. The largest absolute Gasteiger partial charge is 0.480 e. The van der Waals surface area contributed by atoms with Gasteiger partial charge in [-0.1, -0.05) is 38.5 Å². The Morgan fingerprint density at radius 2 is 1.90 bits per heavy atom. The Morgan fingerprint density at radius 1 is 1.25 bits per heavy atom. The van der Waals surface area contributed by atoms with Crippen LogP contribution in [0.2, 0.25) is 0 Å². The molecule has 0 saturated heterocycles. The van der Waals surface area contributed by atoms with E-state index in [9.17, 15) is 9.59 Å². The van der Waals surface area contributed by atoms with Crippen LogP contribution in [0.3, 0.4) is 0 Å². The monoisotopic (exact) mass is 277 g/mol. The van der Waals surface area contributed by atoms with Crippen LogP contribution in [0, 0.1) is 19.8 Å². The summed E-state index contributed by atoms with van der Waals surface area (Å²) in [6, 6.07) is 5.02. The van der Waals surface area contributed by atoms with E-state index in [2.05, 4.69) is 5.32 Å². The topological polar surface area (TPSA) is 66.4 Å². The summed E-state index contributed by atoms with van der Waals surface area (Å²) in [4.78, 5) is 23.1. The summed E-state index contributed by atoms with van der Waals surface area (Å²) in [5, 5.41) is 11.8. The molecule has 20 heavy (non-hydrogen) atoms. The first-order valence-corrected chi connectivity index (χ1v) is 6.93. The van der Waals surface area contributed by atoms with Gasteiger partial charge in [0.15, 0.2) is 0 Å². The van der Waals surface area contributed by atoms with Crippen molar-refractivity contribution in [2.24, 2.45) is 5.92 Å². The number of aryl methyl sites for hydroxylation is 2. The molecular weight excluding hydrogens is 254 g/mol. The number of hydrogen-bond donors (Lipinski definition) is 2. The van der Waals surface area contributed by atoms with Crippen molar-refractivity contribution in [2.45, 2.75) is 46.6 Å². The minimum absolute atomic E-state index is 0.0868. The molecular formula is C16H23NO3. The van der Waals surface area contributed by atoms with Gasteiger partial charge < -0.3 is 10.4 Å². The van der Waals surface area contributed by atoms with Crippen LogP contribution in [0.15, 0.2) is 18.2 Å². The van der Waals surface area contributed by atoms with Gasteiger partial charge in [-0.05, 0) is 36.5 Å². The van der Waals surface area contributed by atoms with Crippen LogP contribution in [0.1, 0.15) is 37.0 Å². The summed E-state index contributed by atoms with van der Waals surface area (Å²) in [7, 11) is 0. The maximum Gasteiger partial charge on any atom is 0.326 e. The zero-order valence-corrected chi connectivity index (χ0v) is 12.6. The van der Waals surface area contributed by atoms with Gasteiger partial charge in [0.1, 0.15) is 6.04 Å². The van der Waals surface area contributed by atoms with Gasteiger partial charge in [0.25, 0.3) is 0 Å². The summed E-state index contributed by atoms with van der Waals surface area (Å²) >= 11 is 0. The fraction of sp³-hybridized carbons (Fsp3) is 0.500. The number of hydrogen-bond acceptors (Lipinski definition) is 2. The molecule has 0 aliphatic heterocycles. The van der Waals surface area contributed by atoms with Crippen molar-refractivity contribution in [1.29, 1.82) is 0 Å². The van der Waals surface area contributed by atoms with E-state index < -0.39 is 12.0 Å². The number of aliphatic carboxylic acids is 1. The van der Waals surface area contributed by atoms with Crippen LogP contribution in [-0.2, 0) is 16.0 Å². The third kappa shape index (κ3) is 4.37. The van der Waals surface area contributed by atoms with Crippen molar-refractivity contribution < 1.29 is 14.7 Å². The number of carbonyl (C=O) groups excluding carboxylic acids is 1. The molecule has 0 heterocycles. The Bertz CT molecular complexity index is 496. The van der Waals surface area contributed by atoms with E-state index in [-0.39, 0.29) is 18.2 Å². The van der Waals surface area contributed by atoms with Crippen molar-refractivity contribution in [2.75, 3.05) is 0 Å². The second-order valence-corrected chi connectivity index (χ2v) is 5.36. The van der Waals surface area contributed by atoms with Gasteiger partial charge in [0, 0.05) is 0 Å². The predicted molar refractivity (Wildman–Crippen MR) is 78.6 cm³/mol. The Balaban J connectivity index is 2.70. The van der Waals surface area contributed by atoms with Gasteiger partial charge in [-0.2, -0.15) is 0 Å². The van der Waals surface area contributed by atoms with Crippen LogP contribution in [0.4, 0.5) is 0 Å². The zero-order valence-electron chi connectivity index (χ0n) is 12.6. The molecule has 2 atom stereocenters. The molecule has 0 radical (unpaired) electrons. The predicted octanol–water partition coefficient (Wildman–Crippen LogP) is 2.46. The molecule has 0 spiro atoms. The van der Waals surface area contributed by atoms with Crippen molar-refractivity contribution >= 4 is 11.9 Å². The van der Waals surface area contributed by atoms with Crippen LogP contribution in [-0.4, -0.2) is 23.0 Å². The van der Waals surface area contributed by atoms with Crippen LogP contribution >= 0.6 is 0 Å². The molecule has 1 rings (SSSR count). The second kappa shape index (κ2) is 7.08. The number of amides is 1. The highest BCUT2D eigenvalue weighted by molar-refractivity contribution is 5.85. The van der Waals surface area contributed by atoms with E-state index in [1.165, 1.54) is 5.56 Å². The smallest absolute Gasteiger partial charge is 0.326 e. The van der Waals surface area contributed by atoms with Crippen molar-refractivity contribution in [1.82, 2.24) is 5.32 Å².